The number of aliphatic carboxylic acids is 1. The van der Waals surface area contributed by atoms with E-state index in [1.807, 2.05) is 0 Å². The van der Waals surface area contributed by atoms with Gasteiger partial charge in [0.2, 0.25) is 0 Å². The molecule has 5 nitrogen and oxygen atoms in total. The molecule has 94 valence electrons. The van der Waals surface area contributed by atoms with Crippen molar-refractivity contribution >= 4 is 11.9 Å². The third-order valence-electron chi connectivity index (χ3n) is 2.29. The van der Waals surface area contributed by atoms with Gasteiger partial charge < -0.3 is 15.6 Å². The molecule has 0 fully saturated rings. The maximum absolute atomic E-state index is 11.5. The molecule has 0 aliphatic rings. The first-order valence-electron chi connectivity index (χ1n) is 5.23. The van der Waals surface area contributed by atoms with Crippen LogP contribution in [0.25, 0.3) is 0 Å². The van der Waals surface area contributed by atoms with E-state index in [0.717, 1.165) is 0 Å². The number of carbonyl (C=O) groups excluding carboxylic acids is 1. The van der Waals surface area contributed by atoms with Crippen LogP contribution in [0.3, 0.4) is 0 Å². The topological polar surface area (TPSA) is 89.6 Å². The number of carboxylic acid groups (broad SMARTS) is 1. The number of ether oxygens (including phenoxy) is 1. The van der Waals surface area contributed by atoms with E-state index >= 15 is 0 Å². The molecule has 0 amide bonds. The van der Waals surface area contributed by atoms with Crippen molar-refractivity contribution in [1.82, 2.24) is 0 Å². The van der Waals surface area contributed by atoms with Crippen molar-refractivity contribution in [2.75, 3.05) is 0 Å². The van der Waals surface area contributed by atoms with Crippen LogP contribution in [0.4, 0.5) is 0 Å². The lowest BCUT2D eigenvalue weighted by molar-refractivity contribution is -0.162. The molecule has 0 aromatic carbocycles. The number of esters is 1. The Hall–Kier alpha value is -1.10. The number of hydrogen-bond donors (Lipinski definition) is 2. The molecular weight excluding hydrogens is 210 g/mol. The van der Waals surface area contributed by atoms with Crippen molar-refractivity contribution in [3.05, 3.63) is 0 Å². The Labute approximate surface area is 96.0 Å². The molecule has 0 aromatic rings. The first-order chi connectivity index (χ1) is 6.99. The van der Waals surface area contributed by atoms with Crippen LogP contribution in [0, 0.1) is 5.92 Å². The average Bonchev–Trinajstić information content (AvgIpc) is 1.98. The molecule has 3 N–H and O–H groups in total. The molecule has 1 atom stereocenters. The number of hydrogen-bond acceptors (Lipinski definition) is 4. The van der Waals surface area contributed by atoms with Crippen LogP contribution in [-0.2, 0) is 14.3 Å². The maximum atomic E-state index is 11.5. The number of rotatable bonds is 4. The van der Waals surface area contributed by atoms with Gasteiger partial charge in [-0.2, -0.15) is 0 Å². The summed E-state index contributed by atoms with van der Waals surface area (Å²) in [6.07, 6.45) is -0.322. The summed E-state index contributed by atoms with van der Waals surface area (Å²) >= 11 is 0. The fourth-order valence-corrected chi connectivity index (χ4v) is 1.14. The summed E-state index contributed by atoms with van der Waals surface area (Å²) in [5, 5.41) is 9.02. The van der Waals surface area contributed by atoms with E-state index in [9.17, 15) is 9.59 Å². The van der Waals surface area contributed by atoms with E-state index < -0.39 is 23.1 Å². The first kappa shape index (κ1) is 14.9. The molecule has 0 aromatic heterocycles. The molecule has 0 radical (unpaired) electrons. The van der Waals surface area contributed by atoms with Gasteiger partial charge in [0.05, 0.1) is 6.42 Å². The van der Waals surface area contributed by atoms with Gasteiger partial charge in [-0.3, -0.25) is 9.59 Å². The minimum atomic E-state index is -1.57. The Kier molecular flexibility index (Phi) is 4.49. The Bertz CT molecular complexity index is 280. The van der Waals surface area contributed by atoms with Crippen molar-refractivity contribution in [3.8, 4) is 0 Å². The van der Waals surface area contributed by atoms with Gasteiger partial charge in [-0.1, -0.05) is 13.8 Å². The van der Waals surface area contributed by atoms with Gasteiger partial charge in [0.1, 0.15) is 11.1 Å². The highest BCUT2D eigenvalue weighted by atomic mass is 16.6. The molecular formula is C11H21NO4. The molecule has 0 saturated carbocycles. The summed E-state index contributed by atoms with van der Waals surface area (Å²) in [6, 6.07) is 0. The molecule has 5 heteroatoms. The Morgan fingerprint density at radius 2 is 1.75 bits per heavy atom. The fourth-order valence-electron chi connectivity index (χ4n) is 1.14. The lowest BCUT2D eigenvalue weighted by Gasteiger charge is -2.29. The smallest absolute Gasteiger partial charge is 0.324 e. The second-order valence-electron chi connectivity index (χ2n) is 5.26. The van der Waals surface area contributed by atoms with Crippen LogP contribution in [0.2, 0.25) is 0 Å². The second-order valence-corrected chi connectivity index (χ2v) is 5.26. The lowest BCUT2D eigenvalue weighted by Crippen LogP contribution is -2.54. The highest BCUT2D eigenvalue weighted by Crippen LogP contribution is 2.21. The molecule has 0 saturated heterocycles. The summed E-state index contributed by atoms with van der Waals surface area (Å²) in [4.78, 5) is 22.5. The van der Waals surface area contributed by atoms with Crippen molar-refractivity contribution in [2.24, 2.45) is 11.7 Å². The Morgan fingerprint density at radius 3 is 2.00 bits per heavy atom. The zero-order valence-corrected chi connectivity index (χ0v) is 10.5. The van der Waals surface area contributed by atoms with Crippen molar-refractivity contribution < 1.29 is 19.4 Å². The summed E-state index contributed by atoms with van der Waals surface area (Å²) in [5.74, 6) is -2.13. The first-order valence-corrected chi connectivity index (χ1v) is 5.23. The van der Waals surface area contributed by atoms with Crippen molar-refractivity contribution in [3.63, 3.8) is 0 Å². The van der Waals surface area contributed by atoms with Crippen LogP contribution >= 0.6 is 0 Å². The molecule has 16 heavy (non-hydrogen) atoms. The molecule has 0 aliphatic heterocycles. The average molecular weight is 231 g/mol. The van der Waals surface area contributed by atoms with Crippen LogP contribution in [0.5, 0.6) is 0 Å². The summed E-state index contributed by atoms with van der Waals surface area (Å²) in [7, 11) is 0. The number of carboxylic acids is 1. The largest absolute Gasteiger partial charge is 0.480 e. The van der Waals surface area contributed by atoms with Gasteiger partial charge in [-0.25, -0.2) is 0 Å². The normalized spacial score (nSPS) is 15.7. The standard InChI is InChI=1S/C11H21NO4/c1-7(2)11(12,9(14)15)6-8(13)16-10(3,4)5/h7H,6,12H2,1-5H3,(H,14,15)/t11-/m0/s1. The van der Waals surface area contributed by atoms with Crippen molar-refractivity contribution in [1.29, 1.82) is 0 Å². The van der Waals surface area contributed by atoms with Gasteiger partial charge in [0.15, 0.2) is 0 Å². The van der Waals surface area contributed by atoms with Crippen LogP contribution in [0.1, 0.15) is 41.0 Å². The molecule has 0 unspecified atom stereocenters. The minimum Gasteiger partial charge on any atom is -0.480 e. The van der Waals surface area contributed by atoms with E-state index in [-0.39, 0.29) is 12.3 Å². The number of nitrogens with two attached hydrogens (primary N) is 1. The predicted molar refractivity (Wildman–Crippen MR) is 59.9 cm³/mol. The van der Waals surface area contributed by atoms with Crippen molar-refractivity contribution in [2.45, 2.75) is 52.2 Å². The molecule has 0 aliphatic carbocycles. The summed E-state index contributed by atoms with van der Waals surface area (Å²) in [6.45, 7) is 8.49. The van der Waals surface area contributed by atoms with Crippen LogP contribution in [0.15, 0.2) is 0 Å². The van der Waals surface area contributed by atoms with E-state index in [1.165, 1.54) is 0 Å². The zero-order chi connectivity index (χ0) is 13.1. The van der Waals surface area contributed by atoms with Gasteiger partial charge >= 0.3 is 11.9 Å². The molecule has 0 heterocycles. The van der Waals surface area contributed by atoms with E-state index in [0.29, 0.717) is 0 Å². The highest BCUT2D eigenvalue weighted by Gasteiger charge is 2.40. The molecule has 0 rings (SSSR count). The lowest BCUT2D eigenvalue weighted by atomic mass is 9.84. The third-order valence-corrected chi connectivity index (χ3v) is 2.29. The second kappa shape index (κ2) is 4.82. The predicted octanol–water partition coefficient (Wildman–Crippen LogP) is 1.16. The summed E-state index contributed by atoms with van der Waals surface area (Å²) in [5.41, 5.74) is 3.50. The van der Waals surface area contributed by atoms with Crippen LogP contribution < -0.4 is 5.73 Å². The summed E-state index contributed by atoms with van der Waals surface area (Å²) < 4.78 is 5.05. The van der Waals surface area contributed by atoms with Gasteiger partial charge in [-0.15, -0.1) is 0 Å². The third kappa shape index (κ3) is 4.18. The minimum absolute atomic E-state index is 0.322. The van der Waals surface area contributed by atoms with E-state index in [2.05, 4.69) is 0 Å². The highest BCUT2D eigenvalue weighted by molar-refractivity contribution is 5.85. The molecule has 0 spiro atoms. The Balaban J connectivity index is 4.68. The van der Waals surface area contributed by atoms with Gasteiger partial charge in [0.25, 0.3) is 0 Å². The van der Waals surface area contributed by atoms with Gasteiger partial charge in [-0.05, 0) is 26.7 Å². The fraction of sp³-hybridized carbons (Fsp3) is 0.818. The number of carbonyl (C=O) groups is 2. The van der Waals surface area contributed by atoms with E-state index in [1.54, 1.807) is 34.6 Å². The van der Waals surface area contributed by atoms with Crippen LogP contribution in [-0.4, -0.2) is 28.2 Å². The quantitative estimate of drug-likeness (QED) is 0.708. The maximum Gasteiger partial charge on any atom is 0.324 e. The Morgan fingerprint density at radius 1 is 1.31 bits per heavy atom. The monoisotopic (exact) mass is 231 g/mol. The zero-order valence-electron chi connectivity index (χ0n) is 10.5. The SMILES string of the molecule is CC(C)[C@@](N)(CC(=O)OC(C)(C)C)C(=O)O. The van der Waals surface area contributed by atoms with E-state index in [4.69, 9.17) is 15.6 Å². The molecule has 0 bridgehead atoms. The van der Waals surface area contributed by atoms with Gasteiger partial charge in [0, 0.05) is 0 Å².